The summed E-state index contributed by atoms with van der Waals surface area (Å²) in [5.74, 6) is 5.99. The highest BCUT2D eigenvalue weighted by Crippen LogP contribution is 2.40. The number of nitrogens with one attached hydrogen (secondary N) is 1. The zero-order valence-corrected chi connectivity index (χ0v) is 11.6. The Morgan fingerprint density at radius 3 is 2.33 bits per heavy atom. The Bertz CT molecular complexity index is 687. The third-order valence-electron chi connectivity index (χ3n) is 3.14. The molecule has 0 aliphatic rings. The summed E-state index contributed by atoms with van der Waals surface area (Å²) < 4.78 is 49.4. The van der Waals surface area contributed by atoms with Crippen molar-refractivity contribution >= 4 is 16.6 Å². The molecule has 0 aliphatic carbocycles. The van der Waals surface area contributed by atoms with E-state index in [1.54, 1.807) is 6.07 Å². The number of halogens is 3. The number of anilines is 1. The van der Waals surface area contributed by atoms with Crippen molar-refractivity contribution in [2.24, 2.45) is 5.84 Å². The fraction of sp³-hybridized carbons (Fsp3) is 0.308. The van der Waals surface area contributed by atoms with Gasteiger partial charge in [-0.15, -0.1) is 0 Å². The van der Waals surface area contributed by atoms with E-state index in [1.807, 2.05) is 0 Å². The van der Waals surface area contributed by atoms with Gasteiger partial charge in [-0.2, -0.15) is 13.2 Å². The lowest BCUT2D eigenvalue weighted by atomic mass is 10.1. The number of fused-ring (bicyclic) bond motifs is 1. The summed E-state index contributed by atoms with van der Waals surface area (Å²) in [4.78, 5) is 3.70. The largest absolute Gasteiger partial charge is 0.497 e. The first-order valence-corrected chi connectivity index (χ1v) is 5.93. The van der Waals surface area contributed by atoms with Crippen molar-refractivity contribution in [3.05, 3.63) is 23.4 Å². The van der Waals surface area contributed by atoms with E-state index in [1.165, 1.54) is 27.2 Å². The number of aromatic nitrogens is 1. The molecular weight excluding hydrogens is 287 g/mol. The summed E-state index contributed by atoms with van der Waals surface area (Å²) >= 11 is 0. The van der Waals surface area contributed by atoms with Crippen molar-refractivity contribution in [1.82, 2.24) is 4.98 Å². The number of hydrazine groups is 1. The Morgan fingerprint density at radius 1 is 1.19 bits per heavy atom. The lowest BCUT2D eigenvalue weighted by Gasteiger charge is -2.17. The minimum atomic E-state index is -4.59. The van der Waals surface area contributed by atoms with Gasteiger partial charge in [0.05, 0.1) is 19.9 Å². The Morgan fingerprint density at radius 2 is 1.86 bits per heavy atom. The number of methoxy groups -OCH3 is 2. The predicted molar refractivity (Wildman–Crippen MR) is 72.4 cm³/mol. The Balaban J connectivity index is 2.93. The minimum absolute atomic E-state index is 0.0594. The smallest absolute Gasteiger partial charge is 0.433 e. The number of hydrogen-bond donors (Lipinski definition) is 2. The molecule has 0 atom stereocenters. The van der Waals surface area contributed by atoms with Crippen LogP contribution < -0.4 is 20.7 Å². The molecule has 0 amide bonds. The lowest BCUT2D eigenvalue weighted by Crippen LogP contribution is -2.16. The monoisotopic (exact) mass is 301 g/mol. The van der Waals surface area contributed by atoms with E-state index in [4.69, 9.17) is 15.3 Å². The molecule has 0 radical (unpaired) electrons. The van der Waals surface area contributed by atoms with Crippen LogP contribution in [0, 0.1) is 6.92 Å². The standard InChI is InChI=1S/C13H14F3N3O2/c1-6-10(19-17)8-4-7(20-2)5-9(21-3)11(8)18-12(6)13(14,15)16/h4-5H,17H2,1-3H3,(H,18,19). The molecule has 0 fully saturated rings. The van der Waals surface area contributed by atoms with E-state index < -0.39 is 11.9 Å². The SMILES string of the molecule is COc1cc(OC)c2nc(C(F)(F)F)c(C)c(NN)c2c1. The van der Waals surface area contributed by atoms with E-state index in [2.05, 4.69) is 10.4 Å². The molecule has 1 heterocycles. The molecule has 3 N–H and O–H groups in total. The third-order valence-corrected chi connectivity index (χ3v) is 3.14. The van der Waals surface area contributed by atoms with Crippen molar-refractivity contribution in [1.29, 1.82) is 0 Å². The number of alkyl halides is 3. The van der Waals surface area contributed by atoms with Gasteiger partial charge in [0, 0.05) is 17.0 Å². The normalized spacial score (nSPS) is 11.6. The molecule has 0 bridgehead atoms. The molecule has 1 aromatic heterocycles. The van der Waals surface area contributed by atoms with Crippen LogP contribution in [0.15, 0.2) is 12.1 Å². The van der Waals surface area contributed by atoms with Crippen LogP contribution >= 0.6 is 0 Å². The van der Waals surface area contributed by atoms with Crippen molar-refractivity contribution in [3.63, 3.8) is 0 Å². The molecule has 0 aliphatic heterocycles. The highest BCUT2D eigenvalue weighted by Gasteiger charge is 2.36. The summed E-state index contributed by atoms with van der Waals surface area (Å²) in [6.45, 7) is 1.30. The molecule has 114 valence electrons. The molecule has 2 rings (SSSR count). The number of rotatable bonds is 3. The van der Waals surface area contributed by atoms with Crippen LogP contribution in [0.2, 0.25) is 0 Å². The highest BCUT2D eigenvalue weighted by molar-refractivity contribution is 5.97. The lowest BCUT2D eigenvalue weighted by molar-refractivity contribution is -0.141. The minimum Gasteiger partial charge on any atom is -0.497 e. The zero-order chi connectivity index (χ0) is 15.8. The first-order valence-electron chi connectivity index (χ1n) is 5.93. The Hall–Kier alpha value is -2.22. The molecule has 1 aromatic carbocycles. The maximum absolute atomic E-state index is 13.1. The number of nitrogens with two attached hydrogens (primary N) is 1. The number of nitrogens with zero attached hydrogens (tertiary/aromatic N) is 1. The van der Waals surface area contributed by atoms with E-state index in [9.17, 15) is 13.2 Å². The maximum atomic E-state index is 13.1. The van der Waals surface area contributed by atoms with Crippen molar-refractivity contribution in [2.45, 2.75) is 13.1 Å². The second-order valence-corrected chi connectivity index (χ2v) is 4.33. The summed E-state index contributed by atoms with van der Waals surface area (Å²) in [6.07, 6.45) is -4.59. The van der Waals surface area contributed by atoms with Gasteiger partial charge < -0.3 is 14.9 Å². The first-order chi connectivity index (χ1) is 9.83. The van der Waals surface area contributed by atoms with Crippen LogP contribution in [0.25, 0.3) is 10.9 Å². The highest BCUT2D eigenvalue weighted by atomic mass is 19.4. The average Bonchev–Trinajstić information content (AvgIpc) is 2.44. The number of hydrogen-bond acceptors (Lipinski definition) is 5. The van der Waals surface area contributed by atoms with Crippen molar-refractivity contribution in [2.75, 3.05) is 19.6 Å². The number of benzene rings is 1. The van der Waals surface area contributed by atoms with Gasteiger partial charge in [-0.05, 0) is 13.0 Å². The van der Waals surface area contributed by atoms with Crippen LogP contribution in [-0.2, 0) is 6.18 Å². The van der Waals surface area contributed by atoms with Gasteiger partial charge in [0.15, 0.2) is 0 Å². The Labute approximate surface area is 118 Å². The molecule has 5 nitrogen and oxygen atoms in total. The molecule has 8 heteroatoms. The van der Waals surface area contributed by atoms with E-state index in [0.29, 0.717) is 11.1 Å². The fourth-order valence-electron chi connectivity index (χ4n) is 2.14. The van der Waals surface area contributed by atoms with Gasteiger partial charge in [-0.25, -0.2) is 4.98 Å². The molecule has 0 saturated carbocycles. The summed E-state index contributed by atoms with van der Waals surface area (Å²) in [5, 5.41) is 0.388. The molecule has 0 saturated heterocycles. The topological polar surface area (TPSA) is 69.4 Å². The molecule has 2 aromatic rings. The number of pyridine rings is 1. The van der Waals surface area contributed by atoms with Gasteiger partial charge in [-0.1, -0.05) is 0 Å². The van der Waals surface area contributed by atoms with Crippen molar-refractivity contribution in [3.8, 4) is 11.5 Å². The van der Waals surface area contributed by atoms with Crippen LogP contribution in [-0.4, -0.2) is 19.2 Å². The van der Waals surface area contributed by atoms with E-state index >= 15 is 0 Å². The van der Waals surface area contributed by atoms with Crippen LogP contribution in [0.4, 0.5) is 18.9 Å². The number of nitrogen functional groups attached to an aromatic ring is 1. The summed E-state index contributed by atoms with van der Waals surface area (Å²) in [7, 11) is 2.79. The van der Waals surface area contributed by atoms with Crippen LogP contribution in [0.3, 0.4) is 0 Å². The fourth-order valence-corrected chi connectivity index (χ4v) is 2.14. The first kappa shape index (κ1) is 15.2. The average molecular weight is 301 g/mol. The van der Waals surface area contributed by atoms with Crippen LogP contribution in [0.1, 0.15) is 11.3 Å². The predicted octanol–water partition coefficient (Wildman–Crippen LogP) is 2.86. The maximum Gasteiger partial charge on any atom is 0.433 e. The van der Waals surface area contributed by atoms with Gasteiger partial charge in [0.2, 0.25) is 0 Å². The van der Waals surface area contributed by atoms with Gasteiger partial charge in [-0.3, -0.25) is 5.84 Å². The van der Waals surface area contributed by atoms with E-state index in [-0.39, 0.29) is 22.5 Å². The molecule has 0 spiro atoms. The second-order valence-electron chi connectivity index (χ2n) is 4.33. The molecule has 0 unspecified atom stereocenters. The zero-order valence-electron chi connectivity index (χ0n) is 11.6. The Kier molecular flexibility index (Phi) is 3.82. The number of ether oxygens (including phenoxy) is 2. The van der Waals surface area contributed by atoms with Crippen LogP contribution in [0.5, 0.6) is 11.5 Å². The van der Waals surface area contributed by atoms with Gasteiger partial charge in [0.1, 0.15) is 22.7 Å². The summed E-state index contributed by atoms with van der Waals surface area (Å²) in [6, 6.07) is 3.01. The molecule has 21 heavy (non-hydrogen) atoms. The van der Waals surface area contributed by atoms with E-state index in [0.717, 1.165) is 0 Å². The van der Waals surface area contributed by atoms with Gasteiger partial charge in [0.25, 0.3) is 0 Å². The third kappa shape index (κ3) is 2.54. The molecular formula is C13H14F3N3O2. The van der Waals surface area contributed by atoms with Gasteiger partial charge >= 0.3 is 6.18 Å². The van der Waals surface area contributed by atoms with Crippen molar-refractivity contribution < 1.29 is 22.6 Å². The summed E-state index contributed by atoms with van der Waals surface area (Å²) in [5.41, 5.74) is 1.39. The quantitative estimate of drug-likeness (QED) is 0.674. The second kappa shape index (κ2) is 5.28.